The molecule has 0 heterocycles. The highest BCUT2D eigenvalue weighted by Gasteiger charge is 2.31. The van der Waals surface area contributed by atoms with Crippen molar-refractivity contribution >= 4 is 6.29 Å². The van der Waals surface area contributed by atoms with Crippen LogP contribution in [-0.4, -0.2) is 12.4 Å². The predicted molar refractivity (Wildman–Crippen MR) is 78.0 cm³/mol. The van der Waals surface area contributed by atoms with Crippen LogP contribution in [0.4, 0.5) is 13.2 Å². The number of aldehydes is 1. The average molecular weight is 308 g/mol. The minimum absolute atomic E-state index is 0.00322. The number of ether oxygens (including phenoxy) is 1. The monoisotopic (exact) mass is 308 g/mol. The predicted octanol–water partition coefficient (Wildman–Crippen LogP) is 4.97. The molecule has 0 aromatic heterocycles. The summed E-state index contributed by atoms with van der Waals surface area (Å²) in [4.78, 5) is 11.1. The summed E-state index contributed by atoms with van der Waals surface area (Å²) in [6.45, 7) is 3.75. The van der Waals surface area contributed by atoms with Gasteiger partial charge < -0.3 is 4.74 Å². The van der Waals surface area contributed by atoms with E-state index in [-0.39, 0.29) is 11.7 Å². The molecule has 0 amide bonds. The van der Waals surface area contributed by atoms with Gasteiger partial charge in [-0.25, -0.2) is 0 Å². The van der Waals surface area contributed by atoms with E-state index in [9.17, 15) is 18.0 Å². The second-order valence-electron chi connectivity index (χ2n) is 5.11. The van der Waals surface area contributed by atoms with Crippen LogP contribution in [0, 0.1) is 0 Å². The number of rotatable bonds is 4. The highest BCUT2D eigenvalue weighted by molar-refractivity contribution is 5.88. The number of carbonyl (C=O) groups is 1. The Hall–Kier alpha value is -2.30. The molecule has 2 aromatic rings. The maximum atomic E-state index is 12.7. The van der Waals surface area contributed by atoms with Crippen molar-refractivity contribution in [3.05, 3.63) is 53.6 Å². The van der Waals surface area contributed by atoms with Crippen LogP contribution in [-0.2, 0) is 6.18 Å². The van der Waals surface area contributed by atoms with Crippen molar-refractivity contribution in [1.82, 2.24) is 0 Å². The molecule has 22 heavy (non-hydrogen) atoms. The van der Waals surface area contributed by atoms with Gasteiger partial charge in [0, 0.05) is 5.56 Å². The zero-order valence-corrected chi connectivity index (χ0v) is 12.1. The van der Waals surface area contributed by atoms with Crippen LogP contribution in [0.2, 0.25) is 0 Å². The largest absolute Gasteiger partial charge is 0.491 e. The van der Waals surface area contributed by atoms with Crippen LogP contribution in [0.1, 0.15) is 29.8 Å². The van der Waals surface area contributed by atoms with E-state index in [1.807, 2.05) is 13.8 Å². The van der Waals surface area contributed by atoms with Crippen LogP contribution in [0.25, 0.3) is 11.1 Å². The minimum atomic E-state index is -4.47. The van der Waals surface area contributed by atoms with Crippen LogP contribution >= 0.6 is 0 Å². The smallest absolute Gasteiger partial charge is 0.416 e. The van der Waals surface area contributed by atoms with Gasteiger partial charge in [0.05, 0.1) is 11.7 Å². The SMILES string of the molecule is CC(C)Oc1cccc(-c2ccc(C(F)(F)F)cc2C=O)c1. The van der Waals surface area contributed by atoms with Gasteiger partial charge in [0.2, 0.25) is 0 Å². The topological polar surface area (TPSA) is 26.3 Å². The Morgan fingerprint density at radius 2 is 1.82 bits per heavy atom. The van der Waals surface area contributed by atoms with Gasteiger partial charge in [-0.15, -0.1) is 0 Å². The van der Waals surface area contributed by atoms with E-state index in [0.29, 0.717) is 23.2 Å². The highest BCUT2D eigenvalue weighted by atomic mass is 19.4. The molecule has 2 nitrogen and oxygen atoms in total. The van der Waals surface area contributed by atoms with Crippen molar-refractivity contribution < 1.29 is 22.7 Å². The van der Waals surface area contributed by atoms with Crippen molar-refractivity contribution in [2.75, 3.05) is 0 Å². The third-order valence-corrected chi connectivity index (χ3v) is 3.02. The van der Waals surface area contributed by atoms with Crippen molar-refractivity contribution in [3.8, 4) is 16.9 Å². The zero-order valence-electron chi connectivity index (χ0n) is 12.1. The number of alkyl halides is 3. The summed E-state index contributed by atoms with van der Waals surface area (Å²) in [7, 11) is 0. The Morgan fingerprint density at radius 1 is 1.09 bits per heavy atom. The van der Waals surface area contributed by atoms with Gasteiger partial charge in [-0.2, -0.15) is 13.2 Å². The molecular weight excluding hydrogens is 293 g/mol. The third-order valence-electron chi connectivity index (χ3n) is 3.02. The van der Waals surface area contributed by atoms with Crippen molar-refractivity contribution in [3.63, 3.8) is 0 Å². The molecule has 2 rings (SSSR count). The van der Waals surface area contributed by atoms with Crippen molar-refractivity contribution in [1.29, 1.82) is 0 Å². The molecule has 0 aliphatic carbocycles. The standard InChI is InChI=1S/C17H15F3O2/c1-11(2)22-15-5-3-4-12(9-15)16-7-6-14(17(18,19)20)8-13(16)10-21/h3-11H,1-2H3. The normalized spacial score (nSPS) is 11.5. The lowest BCUT2D eigenvalue weighted by molar-refractivity contribution is -0.137. The fourth-order valence-electron chi connectivity index (χ4n) is 2.11. The van der Waals surface area contributed by atoms with Crippen molar-refractivity contribution in [2.45, 2.75) is 26.1 Å². The van der Waals surface area contributed by atoms with Gasteiger partial charge in [0.15, 0.2) is 6.29 Å². The number of carbonyl (C=O) groups excluding carboxylic acids is 1. The molecule has 0 N–H and O–H groups in total. The number of halogens is 3. The Kier molecular flexibility index (Phi) is 4.54. The number of benzene rings is 2. The Balaban J connectivity index is 2.46. The van der Waals surface area contributed by atoms with Gasteiger partial charge in [-0.3, -0.25) is 4.79 Å². The molecule has 2 aromatic carbocycles. The average Bonchev–Trinajstić information content (AvgIpc) is 2.45. The summed E-state index contributed by atoms with van der Waals surface area (Å²) in [5, 5.41) is 0. The first-order valence-electron chi connectivity index (χ1n) is 6.75. The van der Waals surface area contributed by atoms with Crippen LogP contribution < -0.4 is 4.74 Å². The number of hydrogen-bond acceptors (Lipinski definition) is 2. The fraction of sp³-hybridized carbons (Fsp3) is 0.235. The van der Waals surface area contributed by atoms with Crippen molar-refractivity contribution in [2.24, 2.45) is 0 Å². The molecule has 0 fully saturated rings. The second-order valence-corrected chi connectivity index (χ2v) is 5.11. The fourth-order valence-corrected chi connectivity index (χ4v) is 2.11. The molecule has 5 heteroatoms. The summed E-state index contributed by atoms with van der Waals surface area (Å²) in [5.41, 5.74) is 0.232. The molecule has 0 saturated carbocycles. The molecule has 0 atom stereocenters. The van der Waals surface area contributed by atoms with E-state index < -0.39 is 11.7 Å². The molecule has 0 bridgehead atoms. The lowest BCUT2D eigenvalue weighted by Crippen LogP contribution is -2.06. The quantitative estimate of drug-likeness (QED) is 0.745. The molecule has 0 aliphatic heterocycles. The van der Waals surface area contributed by atoms with E-state index in [1.165, 1.54) is 6.07 Å². The molecule has 0 spiro atoms. The lowest BCUT2D eigenvalue weighted by Gasteiger charge is -2.13. The first-order valence-corrected chi connectivity index (χ1v) is 6.75. The zero-order chi connectivity index (χ0) is 16.3. The maximum Gasteiger partial charge on any atom is 0.416 e. The van der Waals surface area contributed by atoms with E-state index in [4.69, 9.17) is 4.74 Å². The van der Waals surface area contributed by atoms with E-state index in [0.717, 1.165) is 12.1 Å². The summed E-state index contributed by atoms with van der Waals surface area (Å²) < 4.78 is 43.7. The van der Waals surface area contributed by atoms with E-state index in [2.05, 4.69) is 0 Å². The van der Waals surface area contributed by atoms with E-state index >= 15 is 0 Å². The molecule has 0 aliphatic rings. The van der Waals surface area contributed by atoms with Gasteiger partial charge in [0.25, 0.3) is 0 Å². The molecular formula is C17H15F3O2. The van der Waals surface area contributed by atoms with Gasteiger partial charge in [-0.1, -0.05) is 18.2 Å². The third kappa shape index (κ3) is 3.67. The molecule has 116 valence electrons. The van der Waals surface area contributed by atoms with Gasteiger partial charge in [0.1, 0.15) is 5.75 Å². The first-order chi connectivity index (χ1) is 10.3. The van der Waals surface area contributed by atoms with Crippen LogP contribution in [0.5, 0.6) is 5.75 Å². The van der Waals surface area contributed by atoms with E-state index in [1.54, 1.807) is 24.3 Å². The molecule has 0 radical (unpaired) electrons. The Morgan fingerprint density at radius 3 is 2.41 bits per heavy atom. The van der Waals surface area contributed by atoms with Gasteiger partial charge in [-0.05, 0) is 49.2 Å². The lowest BCUT2D eigenvalue weighted by atomic mass is 9.98. The van der Waals surface area contributed by atoms with Gasteiger partial charge >= 0.3 is 6.18 Å². The summed E-state index contributed by atoms with van der Waals surface area (Å²) >= 11 is 0. The molecule has 0 saturated heterocycles. The Labute approximate surface area is 126 Å². The summed E-state index contributed by atoms with van der Waals surface area (Å²) in [5.74, 6) is 0.601. The minimum Gasteiger partial charge on any atom is -0.491 e. The van der Waals surface area contributed by atoms with Crippen LogP contribution in [0.15, 0.2) is 42.5 Å². The molecule has 0 unspecified atom stereocenters. The maximum absolute atomic E-state index is 12.7. The Bertz CT molecular complexity index is 676. The number of hydrogen-bond donors (Lipinski definition) is 0. The summed E-state index contributed by atoms with van der Waals surface area (Å²) in [6.07, 6.45) is -4.06. The second kappa shape index (κ2) is 6.22. The van der Waals surface area contributed by atoms with Crippen LogP contribution in [0.3, 0.4) is 0 Å². The first kappa shape index (κ1) is 16.1. The summed E-state index contributed by atoms with van der Waals surface area (Å²) in [6, 6.07) is 10.1. The highest BCUT2D eigenvalue weighted by Crippen LogP contribution is 2.33.